The molecule has 0 N–H and O–H groups in total. The summed E-state index contributed by atoms with van der Waals surface area (Å²) in [7, 11) is -3.98. The number of fused-ring (bicyclic) bond motifs is 1. The van der Waals surface area contributed by atoms with Gasteiger partial charge < -0.3 is 4.90 Å². The predicted molar refractivity (Wildman–Crippen MR) is 102 cm³/mol. The molecule has 1 aliphatic rings. The van der Waals surface area contributed by atoms with Crippen molar-refractivity contribution in [1.29, 1.82) is 0 Å². The molecule has 8 nitrogen and oxygen atoms in total. The second-order valence-corrected chi connectivity index (χ2v) is 9.25. The molecule has 0 bridgehead atoms. The van der Waals surface area contributed by atoms with Crippen LogP contribution in [-0.2, 0) is 10.0 Å². The zero-order chi connectivity index (χ0) is 20.8. The van der Waals surface area contributed by atoms with E-state index in [1.165, 1.54) is 22.8 Å². The monoisotopic (exact) mass is 441 g/mol. The maximum atomic E-state index is 12.9. The summed E-state index contributed by atoms with van der Waals surface area (Å²) in [6, 6.07) is 7.42. The number of benzene rings is 1. The van der Waals surface area contributed by atoms with Crippen LogP contribution in [0.1, 0.15) is 22.7 Å². The van der Waals surface area contributed by atoms with Crippen LogP contribution in [0.4, 0.5) is 8.78 Å². The van der Waals surface area contributed by atoms with Crippen LogP contribution in [0.15, 0.2) is 35.4 Å². The third kappa shape index (κ3) is 3.40. The summed E-state index contributed by atoms with van der Waals surface area (Å²) in [5, 5.41) is 4.24. The normalized spacial score (nSPS) is 16.1. The highest BCUT2D eigenvalue weighted by Gasteiger charge is 2.34. The number of piperazine rings is 1. The fourth-order valence-electron chi connectivity index (χ4n) is 3.32. The van der Waals surface area contributed by atoms with Gasteiger partial charge >= 0.3 is 6.55 Å². The summed E-state index contributed by atoms with van der Waals surface area (Å²) in [5.74, 6) is -0.249. The lowest BCUT2D eigenvalue weighted by atomic mass is 10.2. The summed E-state index contributed by atoms with van der Waals surface area (Å²) in [4.78, 5) is 14.2. The SMILES string of the molecule is Cc1c(S(=O)(=O)N2CCN(C(=O)c3nsc4ccccc34)CC2)cnn1C(F)F. The van der Waals surface area contributed by atoms with Crippen molar-refractivity contribution in [3.05, 3.63) is 41.9 Å². The standard InChI is InChI=1S/C17H17F2N5O3S2/c1-11-14(10-20-24(11)17(18)19)29(26,27)23-8-6-22(7-9-23)16(25)15-12-4-2-3-5-13(12)28-21-15/h2-5,10,17H,6-9H2,1H3. The Kier molecular flexibility index (Phi) is 5.09. The van der Waals surface area contributed by atoms with Crippen LogP contribution >= 0.6 is 11.5 Å². The molecule has 3 heterocycles. The Morgan fingerprint density at radius 1 is 1.17 bits per heavy atom. The fourth-order valence-corrected chi connectivity index (χ4v) is 5.66. The van der Waals surface area contributed by atoms with E-state index in [1.807, 2.05) is 24.3 Å². The van der Waals surface area contributed by atoms with E-state index in [1.54, 1.807) is 4.90 Å². The first-order valence-corrected chi connectivity index (χ1v) is 11.0. The minimum atomic E-state index is -3.98. The summed E-state index contributed by atoms with van der Waals surface area (Å²) in [6.07, 6.45) is 0.940. The highest BCUT2D eigenvalue weighted by Crippen LogP contribution is 2.26. The molecule has 1 saturated heterocycles. The van der Waals surface area contributed by atoms with Crippen molar-refractivity contribution in [2.75, 3.05) is 26.2 Å². The maximum absolute atomic E-state index is 12.9. The molecular weight excluding hydrogens is 424 g/mol. The van der Waals surface area contributed by atoms with E-state index in [-0.39, 0.29) is 42.7 Å². The topological polar surface area (TPSA) is 88.4 Å². The lowest BCUT2D eigenvalue weighted by Crippen LogP contribution is -2.50. The fraction of sp³-hybridized carbons (Fsp3) is 0.353. The Labute approximate surface area is 169 Å². The molecule has 4 rings (SSSR count). The van der Waals surface area contributed by atoms with Crippen molar-refractivity contribution in [2.45, 2.75) is 18.4 Å². The predicted octanol–water partition coefficient (Wildman–Crippen LogP) is 2.34. The largest absolute Gasteiger partial charge is 0.335 e. The van der Waals surface area contributed by atoms with E-state index in [4.69, 9.17) is 0 Å². The number of nitrogens with zero attached hydrogens (tertiary/aromatic N) is 5. The Morgan fingerprint density at radius 2 is 1.86 bits per heavy atom. The van der Waals surface area contributed by atoms with E-state index < -0.39 is 16.6 Å². The third-order valence-corrected chi connectivity index (χ3v) is 7.74. The van der Waals surface area contributed by atoms with Crippen LogP contribution in [0.3, 0.4) is 0 Å². The van der Waals surface area contributed by atoms with Crippen LogP contribution in [0.5, 0.6) is 0 Å². The van der Waals surface area contributed by atoms with Gasteiger partial charge in [-0.2, -0.15) is 22.6 Å². The highest BCUT2D eigenvalue weighted by atomic mass is 32.2. The minimum absolute atomic E-state index is 0.0649. The van der Waals surface area contributed by atoms with Crippen molar-refractivity contribution in [3.8, 4) is 0 Å². The van der Waals surface area contributed by atoms with Crippen LogP contribution in [0, 0.1) is 6.92 Å². The number of hydrogen-bond acceptors (Lipinski definition) is 6. The molecule has 0 unspecified atom stereocenters. The quantitative estimate of drug-likeness (QED) is 0.620. The third-order valence-electron chi connectivity index (χ3n) is 4.91. The van der Waals surface area contributed by atoms with E-state index in [0.717, 1.165) is 16.3 Å². The minimum Gasteiger partial charge on any atom is -0.335 e. The molecule has 1 aliphatic heterocycles. The highest BCUT2D eigenvalue weighted by molar-refractivity contribution is 7.89. The Hall–Kier alpha value is -2.44. The van der Waals surface area contributed by atoms with E-state index in [0.29, 0.717) is 10.4 Å². The van der Waals surface area contributed by atoms with Crippen LogP contribution in [0.2, 0.25) is 0 Å². The number of alkyl halides is 2. The van der Waals surface area contributed by atoms with E-state index in [2.05, 4.69) is 9.47 Å². The number of carbonyl (C=O) groups is 1. The summed E-state index contributed by atoms with van der Waals surface area (Å²) < 4.78 is 58.2. The Bertz CT molecular complexity index is 1170. The van der Waals surface area contributed by atoms with Gasteiger partial charge in [0.05, 0.1) is 16.6 Å². The van der Waals surface area contributed by atoms with Gasteiger partial charge in [0, 0.05) is 31.6 Å². The summed E-state index contributed by atoms with van der Waals surface area (Å²) in [6.45, 7) is -1.12. The second-order valence-electron chi connectivity index (χ2n) is 6.54. The molecule has 0 saturated carbocycles. The van der Waals surface area contributed by atoms with Gasteiger partial charge in [0.1, 0.15) is 10.6 Å². The number of hydrogen-bond donors (Lipinski definition) is 0. The molecule has 1 fully saturated rings. The number of aromatic nitrogens is 3. The van der Waals surface area contributed by atoms with Gasteiger partial charge in [-0.3, -0.25) is 4.79 Å². The lowest BCUT2D eigenvalue weighted by Gasteiger charge is -2.33. The van der Waals surface area contributed by atoms with Crippen LogP contribution < -0.4 is 0 Å². The van der Waals surface area contributed by atoms with Gasteiger partial charge in [0.15, 0.2) is 0 Å². The molecule has 0 aliphatic carbocycles. The van der Waals surface area contributed by atoms with E-state index in [9.17, 15) is 22.0 Å². The summed E-state index contributed by atoms with van der Waals surface area (Å²) >= 11 is 1.24. The zero-order valence-electron chi connectivity index (χ0n) is 15.3. The molecule has 0 spiro atoms. The average Bonchev–Trinajstić information content (AvgIpc) is 3.31. The smallest absolute Gasteiger partial charge is 0.333 e. The number of halogens is 2. The van der Waals surface area contributed by atoms with Gasteiger partial charge in [-0.25, -0.2) is 13.1 Å². The molecule has 1 aromatic carbocycles. The molecule has 0 atom stereocenters. The Balaban J connectivity index is 1.50. The number of amides is 1. The van der Waals surface area contributed by atoms with Crippen molar-refractivity contribution >= 4 is 37.5 Å². The van der Waals surface area contributed by atoms with Crippen LogP contribution in [0.25, 0.3) is 10.1 Å². The van der Waals surface area contributed by atoms with Crippen molar-refractivity contribution in [2.24, 2.45) is 0 Å². The van der Waals surface area contributed by atoms with Crippen LogP contribution in [-0.4, -0.2) is 63.9 Å². The molecule has 29 heavy (non-hydrogen) atoms. The maximum Gasteiger partial charge on any atom is 0.333 e. The lowest BCUT2D eigenvalue weighted by molar-refractivity contribution is 0.0540. The average molecular weight is 441 g/mol. The van der Waals surface area contributed by atoms with Gasteiger partial charge in [-0.05, 0) is 24.5 Å². The molecule has 2 aromatic heterocycles. The van der Waals surface area contributed by atoms with E-state index >= 15 is 0 Å². The molecule has 154 valence electrons. The van der Waals surface area contributed by atoms with Gasteiger partial charge in [-0.15, -0.1) is 0 Å². The van der Waals surface area contributed by atoms with Crippen molar-refractivity contribution in [3.63, 3.8) is 0 Å². The zero-order valence-corrected chi connectivity index (χ0v) is 17.0. The molecule has 3 aromatic rings. The number of sulfonamides is 1. The molecule has 12 heteroatoms. The first-order valence-electron chi connectivity index (χ1n) is 8.77. The van der Waals surface area contributed by atoms with Gasteiger partial charge in [0.2, 0.25) is 10.0 Å². The number of carbonyl (C=O) groups excluding carboxylic acids is 1. The molecule has 0 radical (unpaired) electrons. The van der Waals surface area contributed by atoms with Crippen molar-refractivity contribution in [1.82, 2.24) is 23.4 Å². The first kappa shape index (κ1) is 19.9. The molecule has 1 amide bonds. The second kappa shape index (κ2) is 7.43. The van der Waals surface area contributed by atoms with Crippen molar-refractivity contribution < 1.29 is 22.0 Å². The number of rotatable bonds is 4. The molecular formula is C17H17F2N5O3S2. The summed E-state index contributed by atoms with van der Waals surface area (Å²) in [5.41, 5.74) is 0.239. The van der Waals surface area contributed by atoms with Gasteiger partial charge in [0.25, 0.3) is 5.91 Å². The first-order chi connectivity index (χ1) is 13.8. The van der Waals surface area contributed by atoms with Gasteiger partial charge in [-0.1, -0.05) is 18.2 Å². The Morgan fingerprint density at radius 3 is 2.52 bits per heavy atom.